The number of carbonyl (C=O) groups is 1. The fourth-order valence-electron chi connectivity index (χ4n) is 1.09. The summed E-state index contributed by atoms with van der Waals surface area (Å²) < 4.78 is 61.1. The summed E-state index contributed by atoms with van der Waals surface area (Å²) in [5, 5.41) is 0. The minimum atomic E-state index is -3.70. The van der Waals surface area contributed by atoms with Crippen molar-refractivity contribution in [2.24, 2.45) is 0 Å². The molecule has 0 bridgehead atoms. The number of hydrogen-bond acceptors (Lipinski definition) is 9. The maximum atomic E-state index is 10.9. The van der Waals surface area contributed by atoms with Gasteiger partial charge in [-0.1, -0.05) is 0 Å². The molecule has 0 aromatic heterocycles. The van der Waals surface area contributed by atoms with Gasteiger partial charge >= 0.3 is 6.16 Å². The molecule has 1 fully saturated rings. The Bertz CT molecular complexity index is 459. The zero-order valence-electron chi connectivity index (χ0n) is 9.56. The third-order valence-corrected chi connectivity index (χ3v) is 2.93. The van der Waals surface area contributed by atoms with Crippen molar-refractivity contribution in [3.8, 4) is 0 Å². The molecule has 1 aliphatic rings. The highest BCUT2D eigenvalue weighted by Crippen LogP contribution is 2.17. The first-order valence-corrected chi connectivity index (χ1v) is 8.26. The van der Waals surface area contributed by atoms with Gasteiger partial charge in [-0.05, 0) is 0 Å². The molecule has 1 saturated heterocycles. The SMILES string of the molecule is CS(=O)(=O)OC[C@H]1OC(=O)O[C@@H]1COS(C)(=O)=O. The minimum Gasteiger partial charge on any atom is -0.424 e. The van der Waals surface area contributed by atoms with Crippen LogP contribution in [0, 0.1) is 0 Å². The van der Waals surface area contributed by atoms with Crippen LogP contribution in [0.3, 0.4) is 0 Å². The van der Waals surface area contributed by atoms with Crippen LogP contribution < -0.4 is 0 Å². The predicted molar refractivity (Wildman–Crippen MR) is 56.7 cm³/mol. The molecule has 9 nitrogen and oxygen atoms in total. The molecule has 106 valence electrons. The lowest BCUT2D eigenvalue weighted by atomic mass is 10.2. The maximum Gasteiger partial charge on any atom is 0.509 e. The molecule has 2 atom stereocenters. The molecule has 0 aliphatic carbocycles. The van der Waals surface area contributed by atoms with Crippen molar-refractivity contribution in [1.29, 1.82) is 0 Å². The van der Waals surface area contributed by atoms with E-state index in [1.807, 2.05) is 0 Å². The summed E-state index contributed by atoms with van der Waals surface area (Å²) in [5.41, 5.74) is 0. The van der Waals surface area contributed by atoms with Crippen molar-refractivity contribution in [2.75, 3.05) is 25.7 Å². The molecule has 0 unspecified atom stereocenters. The van der Waals surface area contributed by atoms with Gasteiger partial charge in [0.25, 0.3) is 20.2 Å². The molecule has 11 heteroatoms. The third-order valence-electron chi connectivity index (χ3n) is 1.80. The molecule has 0 aromatic carbocycles. The quantitative estimate of drug-likeness (QED) is 0.441. The summed E-state index contributed by atoms with van der Waals surface area (Å²) in [7, 11) is -7.40. The Labute approximate surface area is 104 Å². The van der Waals surface area contributed by atoms with E-state index in [0.717, 1.165) is 12.5 Å². The molecule has 0 radical (unpaired) electrons. The average molecular weight is 304 g/mol. The van der Waals surface area contributed by atoms with Gasteiger partial charge in [-0.25, -0.2) is 4.79 Å². The molecule has 1 rings (SSSR count). The van der Waals surface area contributed by atoms with Crippen molar-refractivity contribution in [1.82, 2.24) is 0 Å². The Balaban J connectivity index is 2.56. The third kappa shape index (κ3) is 5.62. The van der Waals surface area contributed by atoms with Crippen LogP contribution in [0.15, 0.2) is 0 Å². The van der Waals surface area contributed by atoms with Crippen LogP contribution in [0.4, 0.5) is 4.79 Å². The van der Waals surface area contributed by atoms with Crippen molar-refractivity contribution >= 4 is 26.4 Å². The summed E-state index contributed by atoms with van der Waals surface area (Å²) in [6, 6.07) is 0. The Hall–Kier alpha value is -0.910. The van der Waals surface area contributed by atoms with Crippen molar-refractivity contribution in [2.45, 2.75) is 12.2 Å². The van der Waals surface area contributed by atoms with Crippen LogP contribution in [-0.4, -0.2) is 60.9 Å². The van der Waals surface area contributed by atoms with Gasteiger partial charge in [0.1, 0.15) is 13.2 Å². The fourth-order valence-corrected chi connectivity index (χ4v) is 1.85. The highest BCUT2D eigenvalue weighted by molar-refractivity contribution is 7.86. The standard InChI is InChI=1S/C7H12O9S2/c1-17(9,10)13-3-5-6(16-7(8)15-5)4-14-18(2,11)12/h5-6H,3-4H2,1-2H3/t5-,6-/m1/s1. The molecule has 0 saturated carbocycles. The molecule has 0 amide bonds. The van der Waals surface area contributed by atoms with Crippen LogP contribution in [0.1, 0.15) is 0 Å². The van der Waals surface area contributed by atoms with Crippen LogP contribution in [0.25, 0.3) is 0 Å². The maximum absolute atomic E-state index is 10.9. The molecule has 18 heavy (non-hydrogen) atoms. The molecule has 0 N–H and O–H groups in total. The number of carbonyl (C=O) groups excluding carboxylic acids is 1. The monoisotopic (exact) mass is 304 g/mol. The molecule has 1 aliphatic heterocycles. The number of cyclic esters (lactones) is 2. The smallest absolute Gasteiger partial charge is 0.424 e. The molecule has 0 aromatic rings. The Kier molecular flexibility index (Phi) is 4.53. The van der Waals surface area contributed by atoms with E-state index < -0.39 is 51.8 Å². The van der Waals surface area contributed by atoms with E-state index in [4.69, 9.17) is 0 Å². The van der Waals surface area contributed by atoms with Crippen LogP contribution in [-0.2, 0) is 38.1 Å². The molecule has 0 spiro atoms. The first-order chi connectivity index (χ1) is 8.07. The second-order valence-corrected chi connectivity index (χ2v) is 6.83. The molecule has 1 heterocycles. The van der Waals surface area contributed by atoms with E-state index in [-0.39, 0.29) is 0 Å². The average Bonchev–Trinajstić information content (AvgIpc) is 2.51. The topological polar surface area (TPSA) is 122 Å². The van der Waals surface area contributed by atoms with Gasteiger partial charge < -0.3 is 9.47 Å². The summed E-state index contributed by atoms with van der Waals surface area (Å²) in [6.45, 7) is -0.940. The lowest BCUT2D eigenvalue weighted by Gasteiger charge is -2.13. The Morgan fingerprint density at radius 2 is 1.28 bits per heavy atom. The Morgan fingerprint density at radius 3 is 1.56 bits per heavy atom. The number of ether oxygens (including phenoxy) is 2. The first-order valence-electron chi connectivity index (χ1n) is 4.63. The Morgan fingerprint density at radius 1 is 0.944 bits per heavy atom. The van der Waals surface area contributed by atoms with Crippen molar-refractivity contribution < 1.29 is 39.5 Å². The minimum absolute atomic E-state index is 0.470. The lowest BCUT2D eigenvalue weighted by Crippen LogP contribution is -2.33. The molecular weight excluding hydrogens is 292 g/mol. The van der Waals surface area contributed by atoms with Gasteiger partial charge in [0.05, 0.1) is 12.5 Å². The zero-order valence-corrected chi connectivity index (χ0v) is 11.2. The summed E-state index contributed by atoms with van der Waals surface area (Å²) >= 11 is 0. The van der Waals surface area contributed by atoms with E-state index in [9.17, 15) is 21.6 Å². The first kappa shape index (κ1) is 15.1. The summed E-state index contributed by atoms with van der Waals surface area (Å²) in [6.07, 6.45) is -1.48. The number of hydrogen-bond donors (Lipinski definition) is 0. The van der Waals surface area contributed by atoms with Crippen LogP contribution in [0.2, 0.25) is 0 Å². The van der Waals surface area contributed by atoms with E-state index in [2.05, 4.69) is 17.8 Å². The van der Waals surface area contributed by atoms with Gasteiger partial charge in [-0.2, -0.15) is 16.8 Å². The second kappa shape index (κ2) is 5.38. The summed E-state index contributed by atoms with van der Waals surface area (Å²) in [4.78, 5) is 10.9. The summed E-state index contributed by atoms with van der Waals surface area (Å²) in [5.74, 6) is 0. The molecular formula is C7H12O9S2. The second-order valence-electron chi connectivity index (χ2n) is 3.54. The van der Waals surface area contributed by atoms with Gasteiger partial charge in [0, 0.05) is 0 Å². The van der Waals surface area contributed by atoms with Crippen molar-refractivity contribution in [3.63, 3.8) is 0 Å². The van der Waals surface area contributed by atoms with E-state index in [1.54, 1.807) is 0 Å². The van der Waals surface area contributed by atoms with Gasteiger partial charge in [0.2, 0.25) is 0 Å². The predicted octanol–water partition coefficient (Wildman–Crippen LogP) is -1.16. The zero-order chi connectivity index (χ0) is 14.0. The van der Waals surface area contributed by atoms with E-state index >= 15 is 0 Å². The number of rotatable bonds is 6. The van der Waals surface area contributed by atoms with Gasteiger partial charge in [-0.15, -0.1) is 0 Å². The van der Waals surface area contributed by atoms with Crippen LogP contribution in [0.5, 0.6) is 0 Å². The van der Waals surface area contributed by atoms with E-state index in [1.165, 1.54) is 0 Å². The highest BCUT2D eigenvalue weighted by Gasteiger charge is 2.38. The highest BCUT2D eigenvalue weighted by atomic mass is 32.2. The van der Waals surface area contributed by atoms with E-state index in [0.29, 0.717) is 0 Å². The lowest BCUT2D eigenvalue weighted by molar-refractivity contribution is 0.0713. The largest absolute Gasteiger partial charge is 0.509 e. The fraction of sp³-hybridized carbons (Fsp3) is 0.857. The van der Waals surface area contributed by atoms with Gasteiger partial charge in [-0.3, -0.25) is 8.37 Å². The van der Waals surface area contributed by atoms with Crippen LogP contribution >= 0.6 is 0 Å². The van der Waals surface area contributed by atoms with Gasteiger partial charge in [0.15, 0.2) is 12.2 Å². The normalized spacial score (nSPS) is 24.7. The van der Waals surface area contributed by atoms with Crippen molar-refractivity contribution in [3.05, 3.63) is 0 Å².